The van der Waals surface area contributed by atoms with Crippen LogP contribution in [0.4, 0.5) is 0 Å². The Morgan fingerprint density at radius 3 is 2.61 bits per heavy atom. The third-order valence-electron chi connectivity index (χ3n) is 6.22. The Kier molecular flexibility index (Phi) is 5.12. The molecular formula is C27H22N6O3. The van der Waals surface area contributed by atoms with Crippen LogP contribution in [-0.2, 0) is 17.9 Å². The van der Waals surface area contributed by atoms with Gasteiger partial charge in [0, 0.05) is 48.1 Å². The first-order valence-corrected chi connectivity index (χ1v) is 11.5. The van der Waals surface area contributed by atoms with Crippen LogP contribution < -0.4 is 16.1 Å². The molecule has 0 aliphatic rings. The highest BCUT2D eigenvalue weighted by atomic mass is 16.7. The van der Waals surface area contributed by atoms with Gasteiger partial charge in [0.2, 0.25) is 0 Å². The van der Waals surface area contributed by atoms with E-state index in [2.05, 4.69) is 26.8 Å². The molecule has 0 aliphatic heterocycles. The molecule has 3 heterocycles. The van der Waals surface area contributed by atoms with Gasteiger partial charge in [-0.05, 0) is 29.3 Å². The molecule has 6 rings (SSSR count). The van der Waals surface area contributed by atoms with Crippen LogP contribution >= 0.6 is 0 Å². The van der Waals surface area contributed by atoms with Gasteiger partial charge in [-0.25, -0.2) is 9.78 Å². The minimum atomic E-state index is -0.485. The van der Waals surface area contributed by atoms with Crippen molar-refractivity contribution >= 4 is 38.8 Å². The molecule has 0 radical (unpaired) electrons. The normalized spacial score (nSPS) is 11.5. The molecule has 0 bridgehead atoms. The standard InChI is InChI=1S/C27H22N6O3/c1-16(34)36-33-25-11-23-22(10-19(25)13-29-33)31-27(35)26(30-23)21-15-32(24-5-3-2-4-20(21)24)14-18-8-6-17(12-28)7-9-18/h2-11,13,15H,12,14,28H2,1H3,(H,31,35). The van der Waals surface area contributed by atoms with E-state index < -0.39 is 5.97 Å². The highest BCUT2D eigenvalue weighted by molar-refractivity contribution is 5.97. The van der Waals surface area contributed by atoms with Crippen molar-refractivity contribution in [2.24, 2.45) is 5.73 Å². The maximum Gasteiger partial charge on any atom is 0.331 e. The van der Waals surface area contributed by atoms with Crippen LogP contribution in [0, 0.1) is 0 Å². The third kappa shape index (κ3) is 3.71. The van der Waals surface area contributed by atoms with E-state index in [-0.39, 0.29) is 5.56 Å². The molecule has 3 N–H and O–H groups in total. The van der Waals surface area contributed by atoms with Crippen LogP contribution in [0.25, 0.3) is 44.1 Å². The zero-order valence-corrected chi connectivity index (χ0v) is 19.4. The van der Waals surface area contributed by atoms with Gasteiger partial charge in [-0.15, -0.1) is 5.10 Å². The summed E-state index contributed by atoms with van der Waals surface area (Å²) in [4.78, 5) is 38.6. The first-order chi connectivity index (χ1) is 17.5. The van der Waals surface area contributed by atoms with E-state index in [1.54, 1.807) is 18.3 Å². The Bertz CT molecular complexity index is 1830. The molecule has 0 saturated heterocycles. The van der Waals surface area contributed by atoms with Crippen molar-refractivity contribution in [2.45, 2.75) is 20.0 Å². The summed E-state index contributed by atoms with van der Waals surface area (Å²) in [7, 11) is 0. The van der Waals surface area contributed by atoms with Gasteiger partial charge in [-0.3, -0.25) is 4.79 Å². The van der Waals surface area contributed by atoms with Gasteiger partial charge >= 0.3 is 5.97 Å². The Morgan fingerprint density at radius 1 is 1.06 bits per heavy atom. The summed E-state index contributed by atoms with van der Waals surface area (Å²) in [6.07, 6.45) is 3.53. The lowest BCUT2D eigenvalue weighted by Gasteiger charge is -2.06. The average Bonchev–Trinajstić information content (AvgIpc) is 3.43. The van der Waals surface area contributed by atoms with Crippen LogP contribution in [0.3, 0.4) is 0 Å². The van der Waals surface area contributed by atoms with Crippen molar-refractivity contribution in [1.82, 2.24) is 24.5 Å². The number of benzene rings is 3. The molecule has 3 aromatic heterocycles. The van der Waals surface area contributed by atoms with Gasteiger partial charge in [0.05, 0.1) is 17.2 Å². The highest BCUT2D eigenvalue weighted by Crippen LogP contribution is 2.30. The topological polar surface area (TPSA) is 121 Å². The van der Waals surface area contributed by atoms with E-state index in [0.717, 1.165) is 32.4 Å². The molecule has 0 atom stereocenters. The molecule has 0 amide bonds. The smallest absolute Gasteiger partial charge is 0.331 e. The molecule has 9 heteroatoms. The number of para-hydroxylation sites is 1. The maximum atomic E-state index is 13.2. The van der Waals surface area contributed by atoms with Crippen LogP contribution in [0.5, 0.6) is 0 Å². The van der Waals surface area contributed by atoms with Crippen molar-refractivity contribution in [3.8, 4) is 11.3 Å². The Morgan fingerprint density at radius 2 is 1.83 bits per heavy atom. The van der Waals surface area contributed by atoms with Gasteiger partial charge in [-0.2, -0.15) is 0 Å². The molecule has 3 aromatic carbocycles. The lowest BCUT2D eigenvalue weighted by molar-refractivity contribution is -0.142. The second kappa shape index (κ2) is 8.47. The van der Waals surface area contributed by atoms with E-state index in [0.29, 0.717) is 40.7 Å². The number of aromatic nitrogens is 5. The Balaban J connectivity index is 1.49. The largest absolute Gasteiger partial charge is 0.342 e. The molecule has 0 saturated carbocycles. The minimum absolute atomic E-state index is 0.288. The van der Waals surface area contributed by atoms with E-state index in [1.165, 1.54) is 6.92 Å². The monoisotopic (exact) mass is 478 g/mol. The number of nitrogens with one attached hydrogen (secondary N) is 1. The second-order valence-corrected chi connectivity index (χ2v) is 8.65. The number of nitrogens with zero attached hydrogens (tertiary/aromatic N) is 4. The van der Waals surface area contributed by atoms with Crippen molar-refractivity contribution < 1.29 is 9.63 Å². The van der Waals surface area contributed by atoms with Crippen molar-refractivity contribution in [3.63, 3.8) is 0 Å². The number of hydrogen-bond acceptors (Lipinski definition) is 6. The molecule has 0 fully saturated rings. The van der Waals surface area contributed by atoms with Gasteiger partial charge < -0.3 is 20.1 Å². The maximum absolute atomic E-state index is 13.2. The van der Waals surface area contributed by atoms with Crippen LogP contribution in [0.1, 0.15) is 18.1 Å². The summed E-state index contributed by atoms with van der Waals surface area (Å²) in [5.41, 5.74) is 11.4. The third-order valence-corrected chi connectivity index (χ3v) is 6.22. The molecule has 9 nitrogen and oxygen atoms in total. The van der Waals surface area contributed by atoms with Crippen LogP contribution in [0.15, 0.2) is 77.9 Å². The summed E-state index contributed by atoms with van der Waals surface area (Å²) in [5.74, 6) is -0.485. The first-order valence-electron chi connectivity index (χ1n) is 11.5. The quantitative estimate of drug-likeness (QED) is 0.392. The fourth-order valence-electron chi connectivity index (χ4n) is 4.51. The zero-order chi connectivity index (χ0) is 24.8. The first kappa shape index (κ1) is 21.8. The number of H-pyrrole nitrogens is 1. The molecule has 0 spiro atoms. The number of carbonyl (C=O) groups excluding carboxylic acids is 1. The number of fused-ring (bicyclic) bond motifs is 3. The van der Waals surface area contributed by atoms with E-state index in [9.17, 15) is 9.59 Å². The number of rotatable bonds is 5. The lowest BCUT2D eigenvalue weighted by atomic mass is 10.1. The fraction of sp³-hybridized carbons (Fsp3) is 0.111. The highest BCUT2D eigenvalue weighted by Gasteiger charge is 2.17. The lowest BCUT2D eigenvalue weighted by Crippen LogP contribution is -2.17. The molecule has 6 aromatic rings. The second-order valence-electron chi connectivity index (χ2n) is 8.65. The zero-order valence-electron chi connectivity index (χ0n) is 19.4. The van der Waals surface area contributed by atoms with E-state index in [1.807, 2.05) is 42.6 Å². The van der Waals surface area contributed by atoms with Crippen molar-refractivity contribution in [1.29, 1.82) is 0 Å². The minimum Gasteiger partial charge on any atom is -0.342 e. The average molecular weight is 479 g/mol. The number of hydrogen-bond donors (Lipinski definition) is 2. The molecular weight excluding hydrogens is 456 g/mol. The summed E-state index contributed by atoms with van der Waals surface area (Å²) < 4.78 is 2.12. The molecule has 0 aliphatic carbocycles. The summed E-state index contributed by atoms with van der Waals surface area (Å²) in [6.45, 7) is 2.45. The summed E-state index contributed by atoms with van der Waals surface area (Å²) in [6, 6.07) is 19.6. The van der Waals surface area contributed by atoms with Gasteiger partial charge in [0.1, 0.15) is 11.2 Å². The van der Waals surface area contributed by atoms with Gasteiger partial charge in [0.25, 0.3) is 5.56 Å². The van der Waals surface area contributed by atoms with Gasteiger partial charge in [-0.1, -0.05) is 47.3 Å². The Hall–Kier alpha value is -4.76. The molecule has 178 valence electrons. The molecule has 36 heavy (non-hydrogen) atoms. The number of aromatic amines is 1. The number of carbonyl (C=O) groups is 1. The SMILES string of the molecule is CC(=O)On1ncc2cc3[nH]c(=O)c(-c4cn(Cc5ccc(CN)cc5)c5ccccc45)nc3cc21. The predicted molar refractivity (Wildman–Crippen MR) is 137 cm³/mol. The molecule has 0 unspecified atom stereocenters. The predicted octanol–water partition coefficient (Wildman–Crippen LogP) is 3.38. The fourth-order valence-corrected chi connectivity index (χ4v) is 4.51. The summed E-state index contributed by atoms with van der Waals surface area (Å²) >= 11 is 0. The van der Waals surface area contributed by atoms with Crippen molar-refractivity contribution in [3.05, 3.63) is 94.5 Å². The summed E-state index contributed by atoms with van der Waals surface area (Å²) in [5, 5.41) is 5.74. The Labute approximate surface area is 204 Å². The van der Waals surface area contributed by atoms with E-state index in [4.69, 9.17) is 15.6 Å². The van der Waals surface area contributed by atoms with E-state index >= 15 is 0 Å². The van der Waals surface area contributed by atoms with Crippen LogP contribution in [-0.4, -0.2) is 30.4 Å². The van der Waals surface area contributed by atoms with Gasteiger partial charge in [0.15, 0.2) is 0 Å². The number of nitrogens with two attached hydrogens (primary N) is 1. The van der Waals surface area contributed by atoms with Crippen LogP contribution in [0.2, 0.25) is 0 Å². The van der Waals surface area contributed by atoms with Crippen molar-refractivity contribution in [2.75, 3.05) is 0 Å².